The summed E-state index contributed by atoms with van der Waals surface area (Å²) in [6, 6.07) is 6.56. The second-order valence-electron chi connectivity index (χ2n) is 5.19. The molecule has 114 valence electrons. The third-order valence-corrected chi connectivity index (χ3v) is 4.08. The number of hydrogen-bond acceptors (Lipinski definition) is 3. The first kappa shape index (κ1) is 16.5. The molecule has 1 N–H and O–H groups in total. The summed E-state index contributed by atoms with van der Waals surface area (Å²) in [7, 11) is 1.89. The summed E-state index contributed by atoms with van der Waals surface area (Å²) in [6.45, 7) is 5.54. The second-order valence-corrected chi connectivity index (χ2v) is 6.90. The largest absolute Gasteiger partial charge is 0.485 e. The van der Waals surface area contributed by atoms with Crippen LogP contribution in [0.25, 0.3) is 0 Å². The SMILES string of the molecule is CC(C)NCc1cc(Br)c(OCc2ccn(C)n2)c(Br)c1. The van der Waals surface area contributed by atoms with E-state index in [9.17, 15) is 0 Å². The topological polar surface area (TPSA) is 39.1 Å². The normalized spacial score (nSPS) is 11.1. The molecule has 0 bridgehead atoms. The minimum atomic E-state index is 0.446. The average molecular weight is 417 g/mol. The Kier molecular flexibility index (Phi) is 5.84. The molecule has 0 radical (unpaired) electrons. The first-order valence-corrected chi connectivity index (χ1v) is 8.37. The summed E-state index contributed by atoms with van der Waals surface area (Å²) in [5, 5.41) is 7.70. The monoisotopic (exact) mass is 415 g/mol. The number of ether oxygens (including phenoxy) is 1. The van der Waals surface area contributed by atoms with Crippen LogP contribution in [-0.2, 0) is 20.2 Å². The van der Waals surface area contributed by atoms with Gasteiger partial charge in [0.2, 0.25) is 0 Å². The van der Waals surface area contributed by atoms with Crippen LogP contribution in [0.1, 0.15) is 25.1 Å². The van der Waals surface area contributed by atoms with Gasteiger partial charge in [-0.2, -0.15) is 5.10 Å². The zero-order chi connectivity index (χ0) is 15.4. The summed E-state index contributed by atoms with van der Waals surface area (Å²) in [5.74, 6) is 0.800. The van der Waals surface area contributed by atoms with E-state index < -0.39 is 0 Å². The fourth-order valence-corrected chi connectivity index (χ4v) is 3.37. The van der Waals surface area contributed by atoms with Gasteiger partial charge in [-0.3, -0.25) is 4.68 Å². The van der Waals surface area contributed by atoms with Gasteiger partial charge in [0.05, 0.1) is 14.6 Å². The molecule has 0 aliphatic heterocycles. The minimum Gasteiger partial charge on any atom is -0.485 e. The first-order valence-electron chi connectivity index (χ1n) is 6.78. The lowest BCUT2D eigenvalue weighted by Gasteiger charge is -2.13. The summed E-state index contributed by atoms with van der Waals surface area (Å²) in [5.41, 5.74) is 2.11. The van der Waals surface area contributed by atoms with Crippen molar-refractivity contribution >= 4 is 31.9 Å². The number of rotatable bonds is 6. The van der Waals surface area contributed by atoms with Gasteiger partial charge in [0.1, 0.15) is 12.4 Å². The van der Waals surface area contributed by atoms with Crippen LogP contribution in [-0.4, -0.2) is 15.8 Å². The predicted molar refractivity (Wildman–Crippen MR) is 91.4 cm³/mol. The summed E-state index contributed by atoms with van der Waals surface area (Å²) < 4.78 is 9.50. The van der Waals surface area contributed by atoms with Crippen LogP contribution in [0.15, 0.2) is 33.3 Å². The number of hydrogen-bond donors (Lipinski definition) is 1. The lowest BCUT2D eigenvalue weighted by Crippen LogP contribution is -2.21. The minimum absolute atomic E-state index is 0.446. The Bertz CT molecular complexity index is 588. The lowest BCUT2D eigenvalue weighted by molar-refractivity contribution is 0.296. The molecule has 0 amide bonds. The Labute approximate surface area is 142 Å². The lowest BCUT2D eigenvalue weighted by atomic mass is 10.2. The van der Waals surface area contributed by atoms with Crippen LogP contribution < -0.4 is 10.1 Å². The zero-order valence-corrected chi connectivity index (χ0v) is 15.5. The van der Waals surface area contributed by atoms with E-state index in [1.807, 2.05) is 19.3 Å². The van der Waals surface area contributed by atoms with E-state index >= 15 is 0 Å². The molecule has 1 heterocycles. The second kappa shape index (κ2) is 7.42. The van der Waals surface area contributed by atoms with Crippen molar-refractivity contribution in [3.8, 4) is 5.75 Å². The fraction of sp³-hybridized carbons (Fsp3) is 0.400. The Morgan fingerprint density at radius 2 is 1.95 bits per heavy atom. The predicted octanol–water partition coefficient (Wildman–Crippen LogP) is 4.02. The molecule has 0 unspecified atom stereocenters. The van der Waals surface area contributed by atoms with Crippen LogP contribution in [0.5, 0.6) is 5.75 Å². The highest BCUT2D eigenvalue weighted by molar-refractivity contribution is 9.11. The molecular weight excluding hydrogens is 398 g/mol. The quantitative estimate of drug-likeness (QED) is 0.772. The highest BCUT2D eigenvalue weighted by Gasteiger charge is 2.10. The van der Waals surface area contributed by atoms with Crippen molar-refractivity contribution in [2.24, 2.45) is 7.05 Å². The van der Waals surface area contributed by atoms with Crippen molar-refractivity contribution in [3.63, 3.8) is 0 Å². The van der Waals surface area contributed by atoms with Crippen LogP contribution in [0.2, 0.25) is 0 Å². The number of halogens is 2. The van der Waals surface area contributed by atoms with Gasteiger partial charge in [0.15, 0.2) is 0 Å². The number of nitrogens with zero attached hydrogens (tertiary/aromatic N) is 2. The number of aryl methyl sites for hydroxylation is 1. The molecule has 2 aromatic rings. The van der Waals surface area contributed by atoms with Gasteiger partial charge in [-0.1, -0.05) is 13.8 Å². The van der Waals surface area contributed by atoms with Gasteiger partial charge in [-0.05, 0) is 55.6 Å². The smallest absolute Gasteiger partial charge is 0.148 e. The van der Waals surface area contributed by atoms with Gasteiger partial charge in [-0.25, -0.2) is 0 Å². The molecule has 0 aliphatic rings. The highest BCUT2D eigenvalue weighted by Crippen LogP contribution is 2.35. The molecule has 0 aliphatic carbocycles. The third kappa shape index (κ3) is 4.83. The first-order chi connectivity index (χ1) is 9.95. The molecule has 0 saturated carbocycles. The van der Waals surface area contributed by atoms with Gasteiger partial charge in [0.25, 0.3) is 0 Å². The van der Waals surface area contributed by atoms with Crippen molar-refractivity contribution in [2.45, 2.75) is 33.0 Å². The van der Waals surface area contributed by atoms with E-state index in [2.05, 4.69) is 68.3 Å². The molecule has 6 heteroatoms. The van der Waals surface area contributed by atoms with Crippen LogP contribution in [0.3, 0.4) is 0 Å². The van der Waals surface area contributed by atoms with Gasteiger partial charge < -0.3 is 10.1 Å². The maximum Gasteiger partial charge on any atom is 0.148 e. The molecule has 0 spiro atoms. The van der Waals surface area contributed by atoms with Crippen molar-refractivity contribution < 1.29 is 4.74 Å². The van der Waals surface area contributed by atoms with Crippen LogP contribution >= 0.6 is 31.9 Å². The van der Waals surface area contributed by atoms with Crippen molar-refractivity contribution in [1.82, 2.24) is 15.1 Å². The Balaban J connectivity index is 2.06. The third-order valence-electron chi connectivity index (χ3n) is 2.91. The van der Waals surface area contributed by atoms with Crippen LogP contribution in [0, 0.1) is 0 Å². The van der Waals surface area contributed by atoms with Crippen molar-refractivity contribution in [2.75, 3.05) is 0 Å². The molecule has 4 nitrogen and oxygen atoms in total. The number of aromatic nitrogens is 2. The fourth-order valence-electron chi connectivity index (χ4n) is 1.86. The molecule has 0 fully saturated rings. The van der Waals surface area contributed by atoms with Gasteiger partial charge in [-0.15, -0.1) is 0 Å². The molecule has 0 saturated heterocycles. The van der Waals surface area contributed by atoms with Gasteiger partial charge in [0, 0.05) is 25.8 Å². The maximum absolute atomic E-state index is 5.86. The molecule has 0 atom stereocenters. The van der Waals surface area contributed by atoms with E-state index in [4.69, 9.17) is 4.74 Å². The molecule has 2 rings (SSSR count). The van der Waals surface area contributed by atoms with E-state index in [1.165, 1.54) is 5.56 Å². The van der Waals surface area contributed by atoms with E-state index in [-0.39, 0.29) is 0 Å². The van der Waals surface area contributed by atoms with Gasteiger partial charge >= 0.3 is 0 Å². The molecular formula is C15H19Br2N3O. The number of nitrogens with one attached hydrogen (secondary N) is 1. The van der Waals surface area contributed by atoms with E-state index in [0.717, 1.165) is 26.9 Å². The van der Waals surface area contributed by atoms with Crippen molar-refractivity contribution in [3.05, 3.63) is 44.6 Å². The average Bonchev–Trinajstić information content (AvgIpc) is 2.81. The Morgan fingerprint density at radius 3 is 2.48 bits per heavy atom. The zero-order valence-electron chi connectivity index (χ0n) is 12.4. The number of benzene rings is 1. The molecule has 1 aromatic carbocycles. The van der Waals surface area contributed by atoms with Crippen molar-refractivity contribution in [1.29, 1.82) is 0 Å². The van der Waals surface area contributed by atoms with E-state index in [1.54, 1.807) is 4.68 Å². The highest BCUT2D eigenvalue weighted by atomic mass is 79.9. The maximum atomic E-state index is 5.86. The standard InChI is InChI=1S/C15H19Br2N3O/c1-10(2)18-8-11-6-13(16)15(14(17)7-11)21-9-12-4-5-20(3)19-12/h4-7,10,18H,8-9H2,1-3H3. The summed E-state index contributed by atoms with van der Waals surface area (Å²) in [4.78, 5) is 0. The Hall–Kier alpha value is -0.850. The van der Waals surface area contributed by atoms with Crippen LogP contribution in [0.4, 0.5) is 0 Å². The van der Waals surface area contributed by atoms with E-state index in [0.29, 0.717) is 12.6 Å². The summed E-state index contributed by atoms with van der Waals surface area (Å²) in [6.07, 6.45) is 1.91. The summed E-state index contributed by atoms with van der Waals surface area (Å²) >= 11 is 7.15. The molecule has 1 aromatic heterocycles. The molecule has 21 heavy (non-hydrogen) atoms. The Morgan fingerprint density at radius 1 is 1.29 bits per heavy atom.